The number of methoxy groups -OCH3 is 2. The van der Waals surface area contributed by atoms with Crippen LogP contribution in [0.1, 0.15) is 38.2 Å². The molecule has 0 saturated heterocycles. The van der Waals surface area contributed by atoms with E-state index in [0.717, 1.165) is 18.4 Å². The molecule has 0 aliphatic heterocycles. The fraction of sp³-hybridized carbons (Fsp3) is 0.562. The highest BCUT2D eigenvalue weighted by atomic mass is 16.5. The molecule has 1 aromatic rings. The van der Waals surface area contributed by atoms with Crippen molar-refractivity contribution in [3.05, 3.63) is 23.8 Å². The van der Waals surface area contributed by atoms with Crippen LogP contribution in [0.3, 0.4) is 0 Å². The molecule has 1 fully saturated rings. The molecule has 0 radical (unpaired) electrons. The van der Waals surface area contributed by atoms with Crippen molar-refractivity contribution in [2.24, 2.45) is 5.92 Å². The SMILES string of the molecule is COc1ccc(C(C(=O)NC2CC2)C(C)C)cc1OC. The van der Waals surface area contributed by atoms with Crippen LogP contribution in [0.2, 0.25) is 0 Å². The minimum Gasteiger partial charge on any atom is -0.493 e. The summed E-state index contributed by atoms with van der Waals surface area (Å²) < 4.78 is 10.6. The highest BCUT2D eigenvalue weighted by Crippen LogP contribution is 2.34. The summed E-state index contributed by atoms with van der Waals surface area (Å²) in [5.74, 6) is 1.52. The van der Waals surface area contributed by atoms with Crippen LogP contribution in [-0.4, -0.2) is 26.2 Å². The standard InChI is InChI=1S/C16H23NO3/c1-10(2)15(16(18)17-12-6-7-12)11-5-8-13(19-3)14(9-11)20-4/h5,8-10,12,15H,6-7H2,1-4H3,(H,17,18). The lowest BCUT2D eigenvalue weighted by atomic mass is 9.87. The predicted octanol–water partition coefficient (Wildman–Crippen LogP) is 2.72. The molecule has 1 saturated carbocycles. The minimum absolute atomic E-state index is 0.106. The van der Waals surface area contributed by atoms with Gasteiger partial charge in [-0.15, -0.1) is 0 Å². The van der Waals surface area contributed by atoms with Crippen molar-refractivity contribution >= 4 is 5.91 Å². The van der Waals surface area contributed by atoms with Crippen LogP contribution in [0.15, 0.2) is 18.2 Å². The molecule has 1 N–H and O–H groups in total. The molecule has 0 aromatic heterocycles. The molecule has 110 valence electrons. The van der Waals surface area contributed by atoms with Crippen molar-refractivity contribution in [3.8, 4) is 11.5 Å². The Labute approximate surface area is 120 Å². The Bertz CT molecular complexity index is 481. The maximum Gasteiger partial charge on any atom is 0.228 e. The second-order valence-corrected chi connectivity index (χ2v) is 5.62. The Morgan fingerprint density at radius 1 is 1.20 bits per heavy atom. The predicted molar refractivity (Wildman–Crippen MR) is 78.3 cm³/mol. The van der Waals surface area contributed by atoms with Gasteiger partial charge < -0.3 is 14.8 Å². The van der Waals surface area contributed by atoms with Gasteiger partial charge in [0, 0.05) is 6.04 Å². The number of amides is 1. The first-order valence-electron chi connectivity index (χ1n) is 7.09. The molecule has 4 nitrogen and oxygen atoms in total. The van der Waals surface area contributed by atoms with Crippen molar-refractivity contribution in [2.45, 2.75) is 38.6 Å². The number of hydrogen-bond donors (Lipinski definition) is 1. The summed E-state index contributed by atoms with van der Waals surface area (Å²) in [6, 6.07) is 6.08. The summed E-state index contributed by atoms with van der Waals surface area (Å²) in [4.78, 5) is 12.4. The molecule has 1 aliphatic rings. The van der Waals surface area contributed by atoms with Crippen molar-refractivity contribution in [1.82, 2.24) is 5.32 Å². The van der Waals surface area contributed by atoms with Crippen LogP contribution < -0.4 is 14.8 Å². The summed E-state index contributed by atoms with van der Waals surface area (Å²) in [6.07, 6.45) is 2.20. The lowest BCUT2D eigenvalue weighted by molar-refractivity contribution is -0.123. The fourth-order valence-electron chi connectivity index (χ4n) is 2.40. The summed E-state index contributed by atoms with van der Waals surface area (Å²) in [5.41, 5.74) is 0.968. The molecule has 1 unspecified atom stereocenters. The van der Waals surface area contributed by atoms with Crippen LogP contribution in [0.25, 0.3) is 0 Å². The fourth-order valence-corrected chi connectivity index (χ4v) is 2.40. The van der Waals surface area contributed by atoms with E-state index in [-0.39, 0.29) is 17.7 Å². The summed E-state index contributed by atoms with van der Waals surface area (Å²) in [5, 5.41) is 3.09. The van der Waals surface area contributed by atoms with Gasteiger partial charge in [0.15, 0.2) is 11.5 Å². The van der Waals surface area contributed by atoms with E-state index in [1.807, 2.05) is 18.2 Å². The smallest absolute Gasteiger partial charge is 0.228 e. The number of ether oxygens (including phenoxy) is 2. The van der Waals surface area contributed by atoms with Gasteiger partial charge in [-0.1, -0.05) is 19.9 Å². The largest absolute Gasteiger partial charge is 0.493 e. The number of carbonyl (C=O) groups excluding carboxylic acids is 1. The van der Waals surface area contributed by atoms with Gasteiger partial charge >= 0.3 is 0 Å². The van der Waals surface area contributed by atoms with Crippen LogP contribution in [-0.2, 0) is 4.79 Å². The highest BCUT2D eigenvalue weighted by molar-refractivity contribution is 5.84. The van der Waals surface area contributed by atoms with Gasteiger partial charge in [-0.05, 0) is 36.5 Å². The van der Waals surface area contributed by atoms with Crippen molar-refractivity contribution in [2.75, 3.05) is 14.2 Å². The van der Waals surface area contributed by atoms with Gasteiger partial charge in [0.1, 0.15) is 0 Å². The number of hydrogen-bond acceptors (Lipinski definition) is 3. The highest BCUT2D eigenvalue weighted by Gasteiger charge is 2.30. The molecule has 1 aliphatic carbocycles. The zero-order valence-corrected chi connectivity index (χ0v) is 12.6. The average Bonchev–Trinajstić information content (AvgIpc) is 3.22. The molecule has 1 aromatic carbocycles. The third kappa shape index (κ3) is 3.24. The summed E-state index contributed by atoms with van der Waals surface area (Å²) >= 11 is 0. The van der Waals surface area contributed by atoms with E-state index in [2.05, 4.69) is 19.2 Å². The van der Waals surface area contributed by atoms with Gasteiger partial charge in [0.2, 0.25) is 5.91 Å². The van der Waals surface area contributed by atoms with Crippen LogP contribution in [0, 0.1) is 5.92 Å². The average molecular weight is 277 g/mol. The lowest BCUT2D eigenvalue weighted by Gasteiger charge is -2.21. The van der Waals surface area contributed by atoms with Crippen LogP contribution in [0.4, 0.5) is 0 Å². The van der Waals surface area contributed by atoms with Crippen LogP contribution in [0.5, 0.6) is 11.5 Å². The summed E-state index contributed by atoms with van der Waals surface area (Å²) in [7, 11) is 3.22. The Hall–Kier alpha value is -1.71. The van der Waals surface area contributed by atoms with E-state index in [4.69, 9.17) is 9.47 Å². The first-order valence-corrected chi connectivity index (χ1v) is 7.09. The molecule has 0 heterocycles. The molecular weight excluding hydrogens is 254 g/mol. The zero-order valence-electron chi connectivity index (χ0n) is 12.6. The van der Waals surface area contributed by atoms with Crippen molar-refractivity contribution in [3.63, 3.8) is 0 Å². The third-order valence-corrected chi connectivity index (χ3v) is 3.64. The maximum absolute atomic E-state index is 12.4. The molecule has 20 heavy (non-hydrogen) atoms. The first-order chi connectivity index (χ1) is 9.56. The minimum atomic E-state index is -0.157. The van der Waals surface area contributed by atoms with Crippen molar-refractivity contribution < 1.29 is 14.3 Å². The Balaban J connectivity index is 2.26. The second-order valence-electron chi connectivity index (χ2n) is 5.62. The number of rotatable bonds is 6. The van der Waals surface area contributed by atoms with E-state index in [0.29, 0.717) is 17.5 Å². The molecule has 1 amide bonds. The number of carbonyl (C=O) groups is 1. The van der Waals surface area contributed by atoms with Gasteiger partial charge in [0.25, 0.3) is 0 Å². The Kier molecular flexibility index (Phi) is 4.53. The topological polar surface area (TPSA) is 47.6 Å². The molecule has 1 atom stereocenters. The second kappa shape index (κ2) is 6.16. The molecule has 0 bridgehead atoms. The monoisotopic (exact) mass is 277 g/mol. The molecule has 2 rings (SSSR count). The van der Waals surface area contributed by atoms with Crippen LogP contribution >= 0.6 is 0 Å². The Morgan fingerprint density at radius 2 is 1.85 bits per heavy atom. The lowest BCUT2D eigenvalue weighted by Crippen LogP contribution is -2.33. The molecule has 0 spiro atoms. The van der Waals surface area contributed by atoms with Gasteiger partial charge in [-0.25, -0.2) is 0 Å². The van der Waals surface area contributed by atoms with E-state index < -0.39 is 0 Å². The Morgan fingerprint density at radius 3 is 2.35 bits per heavy atom. The van der Waals surface area contributed by atoms with E-state index in [9.17, 15) is 4.79 Å². The number of benzene rings is 1. The third-order valence-electron chi connectivity index (χ3n) is 3.64. The zero-order chi connectivity index (χ0) is 14.7. The quantitative estimate of drug-likeness (QED) is 0.869. The van der Waals surface area contributed by atoms with Gasteiger partial charge in [0.05, 0.1) is 20.1 Å². The number of nitrogens with one attached hydrogen (secondary N) is 1. The molecule has 4 heteroatoms. The van der Waals surface area contributed by atoms with Gasteiger partial charge in [-0.3, -0.25) is 4.79 Å². The molecular formula is C16H23NO3. The normalized spacial score (nSPS) is 15.8. The van der Waals surface area contributed by atoms with Gasteiger partial charge in [-0.2, -0.15) is 0 Å². The van der Waals surface area contributed by atoms with E-state index in [1.54, 1.807) is 14.2 Å². The maximum atomic E-state index is 12.4. The van der Waals surface area contributed by atoms with Crippen molar-refractivity contribution in [1.29, 1.82) is 0 Å². The van der Waals surface area contributed by atoms with E-state index in [1.165, 1.54) is 0 Å². The van der Waals surface area contributed by atoms with E-state index >= 15 is 0 Å². The summed E-state index contributed by atoms with van der Waals surface area (Å²) in [6.45, 7) is 4.13. The first kappa shape index (κ1) is 14.7.